The summed E-state index contributed by atoms with van der Waals surface area (Å²) in [7, 11) is 3.95. The van der Waals surface area contributed by atoms with Crippen molar-refractivity contribution in [1.82, 2.24) is 20.4 Å². The number of benzene rings is 1. The van der Waals surface area contributed by atoms with Crippen LogP contribution in [0.1, 0.15) is 44.2 Å². The summed E-state index contributed by atoms with van der Waals surface area (Å²) in [5.74, 6) is 1.41. The second-order valence-corrected chi connectivity index (χ2v) is 8.66. The minimum absolute atomic E-state index is 0.0477. The lowest BCUT2D eigenvalue weighted by Crippen LogP contribution is -2.44. The van der Waals surface area contributed by atoms with E-state index in [9.17, 15) is 4.39 Å². The molecular weight excluding hydrogens is 381 g/mol. The Morgan fingerprint density at radius 1 is 1.23 bits per heavy atom. The maximum atomic E-state index is 14.4. The minimum Gasteiger partial charge on any atom is -0.490 e. The second kappa shape index (κ2) is 11.5. The van der Waals surface area contributed by atoms with Crippen molar-refractivity contribution in [3.8, 4) is 5.75 Å². The molecule has 2 fully saturated rings. The summed E-state index contributed by atoms with van der Waals surface area (Å²) in [5.41, 5.74) is 0.879. The fourth-order valence-electron chi connectivity index (χ4n) is 3.62. The van der Waals surface area contributed by atoms with E-state index in [0.717, 1.165) is 31.0 Å². The predicted octanol–water partition coefficient (Wildman–Crippen LogP) is 2.87. The first kappa shape index (κ1) is 22.8. The largest absolute Gasteiger partial charge is 0.490 e. The number of likely N-dealkylation sites (N-methyl/N-ethyl adjacent to an activating group) is 1. The third kappa shape index (κ3) is 7.43. The van der Waals surface area contributed by atoms with Gasteiger partial charge in [-0.1, -0.05) is 6.07 Å². The highest BCUT2D eigenvalue weighted by atomic mass is 19.1. The van der Waals surface area contributed by atoms with E-state index < -0.39 is 0 Å². The molecule has 0 bridgehead atoms. The highest BCUT2D eigenvalue weighted by molar-refractivity contribution is 5.80. The zero-order chi connectivity index (χ0) is 21.3. The number of hydrogen-bond donors (Lipinski definition) is 2. The molecule has 2 N–H and O–H groups in total. The molecule has 3 rings (SSSR count). The van der Waals surface area contributed by atoms with Gasteiger partial charge >= 0.3 is 0 Å². The molecule has 0 amide bonds. The first-order valence-corrected chi connectivity index (χ1v) is 11.4. The Kier molecular flexibility index (Phi) is 8.75. The summed E-state index contributed by atoms with van der Waals surface area (Å²) >= 11 is 0. The van der Waals surface area contributed by atoms with Crippen LogP contribution in [-0.4, -0.2) is 75.7 Å². The lowest BCUT2D eigenvalue weighted by molar-refractivity contribution is 0.152. The normalized spacial score (nSPS) is 19.5. The van der Waals surface area contributed by atoms with Gasteiger partial charge in [0, 0.05) is 39.8 Å². The number of piperazine rings is 1. The van der Waals surface area contributed by atoms with Gasteiger partial charge < -0.3 is 25.2 Å². The minimum atomic E-state index is -0.298. The third-order valence-electron chi connectivity index (χ3n) is 5.99. The van der Waals surface area contributed by atoms with Crippen LogP contribution in [0.15, 0.2) is 23.2 Å². The zero-order valence-electron chi connectivity index (χ0n) is 18.8. The predicted molar refractivity (Wildman–Crippen MR) is 121 cm³/mol. The molecule has 2 aliphatic rings. The molecule has 1 aliphatic carbocycles. The van der Waals surface area contributed by atoms with Gasteiger partial charge in [0.1, 0.15) is 0 Å². The van der Waals surface area contributed by atoms with Crippen molar-refractivity contribution >= 4 is 5.96 Å². The molecule has 7 heteroatoms. The van der Waals surface area contributed by atoms with Crippen molar-refractivity contribution in [2.24, 2.45) is 10.9 Å². The van der Waals surface area contributed by atoms with Gasteiger partial charge in [-0.15, -0.1) is 0 Å². The summed E-state index contributed by atoms with van der Waals surface area (Å²) in [5, 5.41) is 6.72. The molecule has 1 unspecified atom stereocenters. The summed E-state index contributed by atoms with van der Waals surface area (Å²) in [6.07, 6.45) is 4.67. The van der Waals surface area contributed by atoms with Crippen LogP contribution in [0, 0.1) is 11.7 Å². The van der Waals surface area contributed by atoms with Crippen LogP contribution in [0.5, 0.6) is 5.75 Å². The van der Waals surface area contributed by atoms with Gasteiger partial charge in [0.25, 0.3) is 0 Å². The Morgan fingerprint density at radius 3 is 2.67 bits per heavy atom. The Hall–Kier alpha value is -1.86. The molecule has 0 radical (unpaired) electrons. The van der Waals surface area contributed by atoms with Crippen molar-refractivity contribution in [3.05, 3.63) is 29.6 Å². The van der Waals surface area contributed by atoms with Crippen molar-refractivity contribution in [2.45, 2.75) is 38.6 Å². The van der Waals surface area contributed by atoms with Crippen molar-refractivity contribution < 1.29 is 9.13 Å². The summed E-state index contributed by atoms with van der Waals surface area (Å²) in [6.45, 7) is 9.35. The van der Waals surface area contributed by atoms with E-state index in [0.29, 0.717) is 18.3 Å². The highest BCUT2D eigenvalue weighted by Crippen LogP contribution is 2.30. The molecule has 1 atom stereocenters. The Labute approximate surface area is 180 Å². The van der Waals surface area contributed by atoms with Gasteiger partial charge in [-0.2, -0.15) is 0 Å². The van der Waals surface area contributed by atoms with Gasteiger partial charge in [0.05, 0.1) is 12.6 Å². The van der Waals surface area contributed by atoms with Crippen LogP contribution < -0.4 is 15.4 Å². The first-order chi connectivity index (χ1) is 14.5. The van der Waals surface area contributed by atoms with E-state index in [-0.39, 0.29) is 11.9 Å². The van der Waals surface area contributed by atoms with Gasteiger partial charge in [0.15, 0.2) is 17.5 Å². The number of halogens is 1. The van der Waals surface area contributed by atoms with Crippen molar-refractivity contribution in [1.29, 1.82) is 0 Å². The molecule has 1 aliphatic heterocycles. The maximum absolute atomic E-state index is 14.4. The number of aliphatic imine (C=N–C) groups is 1. The van der Waals surface area contributed by atoms with E-state index in [2.05, 4.69) is 32.5 Å². The quantitative estimate of drug-likeness (QED) is 0.347. The average Bonchev–Trinajstić information content (AvgIpc) is 3.57. The Morgan fingerprint density at radius 2 is 2.00 bits per heavy atom. The molecule has 1 heterocycles. The van der Waals surface area contributed by atoms with E-state index in [4.69, 9.17) is 4.74 Å². The van der Waals surface area contributed by atoms with Gasteiger partial charge in [0.2, 0.25) is 0 Å². The Balaban J connectivity index is 1.35. The number of nitrogens with one attached hydrogen (secondary N) is 2. The monoisotopic (exact) mass is 419 g/mol. The summed E-state index contributed by atoms with van der Waals surface area (Å²) < 4.78 is 19.9. The number of unbranched alkanes of at least 4 members (excludes halogenated alkanes) is 1. The van der Waals surface area contributed by atoms with Crippen molar-refractivity contribution in [3.63, 3.8) is 0 Å². The number of hydrogen-bond acceptors (Lipinski definition) is 4. The van der Waals surface area contributed by atoms with Crippen LogP contribution in [-0.2, 0) is 0 Å². The van der Waals surface area contributed by atoms with Gasteiger partial charge in [-0.05, 0) is 69.8 Å². The highest BCUT2D eigenvalue weighted by Gasteiger charge is 2.22. The Bertz CT molecular complexity index is 686. The summed E-state index contributed by atoms with van der Waals surface area (Å²) in [4.78, 5) is 9.23. The fraction of sp³-hybridized carbons (Fsp3) is 0.696. The van der Waals surface area contributed by atoms with Crippen LogP contribution in [0.2, 0.25) is 0 Å². The smallest absolute Gasteiger partial charge is 0.191 e. The molecule has 1 saturated heterocycles. The van der Waals surface area contributed by atoms with Crippen LogP contribution in [0.4, 0.5) is 4.39 Å². The molecule has 1 aromatic carbocycles. The van der Waals surface area contributed by atoms with E-state index in [1.807, 2.05) is 13.0 Å². The van der Waals surface area contributed by atoms with Gasteiger partial charge in [-0.3, -0.25) is 4.99 Å². The molecular formula is C23H38FN5O. The first-order valence-electron chi connectivity index (χ1n) is 11.4. The number of rotatable bonds is 10. The maximum Gasteiger partial charge on any atom is 0.191 e. The topological polar surface area (TPSA) is 52.1 Å². The number of guanidine groups is 1. The molecule has 168 valence electrons. The lowest BCUT2D eigenvalue weighted by atomic mass is 10.1. The zero-order valence-corrected chi connectivity index (χ0v) is 18.8. The molecule has 0 aromatic heterocycles. The summed E-state index contributed by atoms with van der Waals surface area (Å²) in [6, 6.07) is 5.17. The van der Waals surface area contributed by atoms with Crippen molar-refractivity contribution in [2.75, 3.05) is 60.0 Å². The van der Waals surface area contributed by atoms with E-state index in [1.54, 1.807) is 19.2 Å². The second-order valence-electron chi connectivity index (χ2n) is 8.66. The molecule has 0 spiro atoms. The van der Waals surface area contributed by atoms with Crippen LogP contribution in [0.3, 0.4) is 0 Å². The van der Waals surface area contributed by atoms with E-state index in [1.165, 1.54) is 45.4 Å². The number of nitrogens with zero attached hydrogens (tertiary/aromatic N) is 3. The third-order valence-corrected chi connectivity index (χ3v) is 5.99. The molecule has 1 saturated carbocycles. The SMILES string of the molecule is CN=C(NCCCCN1CCN(C)CC1)NC(C)c1ccc(OCC2CC2)c(F)c1. The van der Waals surface area contributed by atoms with E-state index >= 15 is 0 Å². The number of ether oxygens (including phenoxy) is 1. The lowest BCUT2D eigenvalue weighted by Gasteiger charge is -2.32. The average molecular weight is 420 g/mol. The fourth-order valence-corrected chi connectivity index (χ4v) is 3.62. The standard InChI is InChI=1S/C23H38FN5O/c1-18(20-8-9-22(21(24)16-20)30-17-19-6-7-19)27-23(25-2)26-10-4-5-11-29-14-12-28(3)13-15-29/h8-9,16,18-19H,4-7,10-15,17H2,1-3H3,(H2,25,26,27). The van der Waals surface area contributed by atoms with Crippen LogP contribution in [0.25, 0.3) is 0 Å². The molecule has 1 aromatic rings. The molecule has 6 nitrogen and oxygen atoms in total. The van der Waals surface area contributed by atoms with Crippen LogP contribution >= 0.6 is 0 Å². The van der Waals surface area contributed by atoms with Gasteiger partial charge in [-0.25, -0.2) is 4.39 Å². The molecule has 30 heavy (non-hydrogen) atoms.